The summed E-state index contributed by atoms with van der Waals surface area (Å²) in [6, 6.07) is 3.91. The molecule has 1 aromatic rings. The summed E-state index contributed by atoms with van der Waals surface area (Å²) in [5.74, 6) is -0.300. The summed E-state index contributed by atoms with van der Waals surface area (Å²) in [4.78, 5) is 40.4. The first-order valence-corrected chi connectivity index (χ1v) is 13.0. The molecule has 1 N–H and O–H groups in total. The molecule has 1 aromatic carbocycles. The maximum absolute atomic E-state index is 13.4. The summed E-state index contributed by atoms with van der Waals surface area (Å²) >= 11 is 0. The highest BCUT2D eigenvalue weighted by molar-refractivity contribution is 6.06. The van der Waals surface area contributed by atoms with Crippen LogP contribution in [0.25, 0.3) is 0 Å². The number of allylic oxidation sites excluding steroid dienone is 5. The van der Waals surface area contributed by atoms with Gasteiger partial charge in [-0.1, -0.05) is 19.1 Å². The highest BCUT2D eigenvalue weighted by atomic mass is 16.5. The molecule has 1 aliphatic heterocycles. The number of ether oxygens (including phenoxy) is 2. The van der Waals surface area contributed by atoms with E-state index in [0.717, 1.165) is 28.9 Å². The Hall–Kier alpha value is -3.35. The number of carbonyl (C=O) groups excluding carboxylic acids is 2. The van der Waals surface area contributed by atoms with Crippen LogP contribution in [0.3, 0.4) is 0 Å². The highest BCUT2D eigenvalue weighted by Gasteiger charge is 2.44. The van der Waals surface area contributed by atoms with Gasteiger partial charge in [-0.2, -0.15) is 0 Å². The predicted octanol–water partition coefficient (Wildman–Crippen LogP) is 5.10. The fourth-order valence-corrected chi connectivity index (χ4v) is 5.66. The van der Waals surface area contributed by atoms with E-state index < -0.39 is 11.9 Å². The molecular formula is C29H35NO6. The van der Waals surface area contributed by atoms with Crippen molar-refractivity contribution < 1.29 is 29.0 Å². The fraction of sp³-hybridized carbons (Fsp3) is 0.483. The lowest BCUT2D eigenvalue weighted by Gasteiger charge is -2.43. The van der Waals surface area contributed by atoms with E-state index in [-0.39, 0.29) is 18.1 Å². The molecule has 4 rings (SSSR count). The minimum atomic E-state index is -0.979. The summed E-state index contributed by atoms with van der Waals surface area (Å²) in [7, 11) is 0. The largest absolute Gasteiger partial charge is 0.490 e. The number of nitrogens with zero attached hydrogens (tertiary/aromatic N) is 1. The molecule has 192 valence electrons. The molecule has 1 heterocycles. The minimum Gasteiger partial charge on any atom is -0.490 e. The van der Waals surface area contributed by atoms with Crippen LogP contribution in [0.15, 0.2) is 47.3 Å². The van der Waals surface area contributed by atoms with Crippen LogP contribution in [0.1, 0.15) is 75.8 Å². The Bertz CT molecular complexity index is 1100. The Balaban J connectivity index is 1.97. The van der Waals surface area contributed by atoms with E-state index in [1.807, 2.05) is 26.0 Å². The van der Waals surface area contributed by atoms with Gasteiger partial charge in [0.2, 0.25) is 0 Å². The predicted molar refractivity (Wildman–Crippen MR) is 136 cm³/mol. The molecule has 7 heteroatoms. The monoisotopic (exact) mass is 493 g/mol. The van der Waals surface area contributed by atoms with E-state index in [1.54, 1.807) is 11.0 Å². The van der Waals surface area contributed by atoms with Crippen molar-refractivity contribution in [1.82, 2.24) is 4.90 Å². The van der Waals surface area contributed by atoms with Crippen molar-refractivity contribution in [2.75, 3.05) is 19.8 Å². The number of Topliss-reactive ketones (excluding diaryl/α,β-unsaturated/α-hetero) is 2. The van der Waals surface area contributed by atoms with Gasteiger partial charge >= 0.3 is 5.97 Å². The molecule has 0 amide bonds. The van der Waals surface area contributed by atoms with Gasteiger partial charge in [0, 0.05) is 46.9 Å². The molecule has 0 saturated carbocycles. The maximum atomic E-state index is 13.4. The topological polar surface area (TPSA) is 93.1 Å². The summed E-state index contributed by atoms with van der Waals surface area (Å²) in [6.07, 6.45) is 6.56. The van der Waals surface area contributed by atoms with Gasteiger partial charge < -0.3 is 19.5 Å². The van der Waals surface area contributed by atoms with Crippen molar-refractivity contribution in [2.45, 2.75) is 71.1 Å². The third-order valence-electron chi connectivity index (χ3n) is 6.98. The zero-order valence-electron chi connectivity index (χ0n) is 21.2. The van der Waals surface area contributed by atoms with Gasteiger partial charge in [-0.25, -0.2) is 0 Å². The van der Waals surface area contributed by atoms with E-state index in [9.17, 15) is 19.5 Å². The van der Waals surface area contributed by atoms with Crippen LogP contribution in [-0.2, 0) is 20.8 Å². The van der Waals surface area contributed by atoms with Gasteiger partial charge in [-0.05, 0) is 57.1 Å². The number of carboxylic acid groups (broad SMARTS) is 1. The van der Waals surface area contributed by atoms with E-state index in [1.165, 1.54) is 0 Å². The summed E-state index contributed by atoms with van der Waals surface area (Å²) < 4.78 is 12.1. The molecule has 0 spiro atoms. The van der Waals surface area contributed by atoms with Crippen LogP contribution in [0.5, 0.6) is 11.5 Å². The molecule has 0 atom stereocenters. The summed E-state index contributed by atoms with van der Waals surface area (Å²) in [5, 5.41) is 9.66. The van der Waals surface area contributed by atoms with Crippen molar-refractivity contribution in [3.8, 4) is 11.5 Å². The van der Waals surface area contributed by atoms with Gasteiger partial charge in [0.25, 0.3) is 0 Å². The third kappa shape index (κ3) is 4.84. The molecule has 0 fully saturated rings. The van der Waals surface area contributed by atoms with Crippen molar-refractivity contribution in [3.05, 3.63) is 58.5 Å². The number of hydrogen-bond acceptors (Lipinski definition) is 6. The standard InChI is InChI=1S/C29H35NO6/c1-4-9-18-15-19(16-24(35-6-3)29(18)36-14-5-2)26-27-20(10-7-12-22(27)31)30(17-25(33)34)21-11-8-13-23(32)28(21)26/h4,15-16,26H,1,5-14,17H2,2-3H3,(H,33,34). The average Bonchev–Trinajstić information content (AvgIpc) is 2.84. The molecule has 36 heavy (non-hydrogen) atoms. The lowest BCUT2D eigenvalue weighted by Crippen LogP contribution is -2.41. The SMILES string of the molecule is C=CCc1cc(C2C3=C(CCCC3=O)N(CC(=O)O)C3=C2C(=O)CCC3)cc(OCC)c1OCCC. The van der Waals surface area contributed by atoms with Crippen LogP contribution >= 0.6 is 0 Å². The second-order valence-corrected chi connectivity index (χ2v) is 9.47. The summed E-state index contributed by atoms with van der Waals surface area (Å²) in [6.45, 7) is 8.58. The first-order chi connectivity index (χ1) is 17.4. The second-order valence-electron chi connectivity index (χ2n) is 9.47. The van der Waals surface area contributed by atoms with Crippen LogP contribution in [0.2, 0.25) is 0 Å². The zero-order valence-corrected chi connectivity index (χ0v) is 21.2. The third-order valence-corrected chi connectivity index (χ3v) is 6.98. The van der Waals surface area contributed by atoms with E-state index in [4.69, 9.17) is 9.47 Å². The lowest BCUT2D eigenvalue weighted by molar-refractivity contribution is -0.138. The Morgan fingerprint density at radius 3 is 2.22 bits per heavy atom. The highest BCUT2D eigenvalue weighted by Crippen LogP contribution is 2.50. The molecule has 7 nitrogen and oxygen atoms in total. The van der Waals surface area contributed by atoms with Gasteiger partial charge in [0.1, 0.15) is 6.54 Å². The molecule has 0 radical (unpaired) electrons. The molecule has 0 aromatic heterocycles. The Kier molecular flexibility index (Phi) is 7.97. The Morgan fingerprint density at radius 1 is 1.06 bits per heavy atom. The van der Waals surface area contributed by atoms with Crippen LogP contribution in [0.4, 0.5) is 0 Å². The molecular weight excluding hydrogens is 458 g/mol. The van der Waals surface area contributed by atoms with Crippen molar-refractivity contribution in [2.24, 2.45) is 0 Å². The van der Waals surface area contributed by atoms with Crippen molar-refractivity contribution in [3.63, 3.8) is 0 Å². The van der Waals surface area contributed by atoms with Gasteiger partial charge in [-0.15, -0.1) is 6.58 Å². The number of hydrogen-bond donors (Lipinski definition) is 1. The van der Waals surface area contributed by atoms with E-state index >= 15 is 0 Å². The lowest BCUT2D eigenvalue weighted by atomic mass is 9.70. The normalized spacial score (nSPS) is 18.2. The second kappa shape index (κ2) is 11.1. The van der Waals surface area contributed by atoms with Crippen LogP contribution in [-0.4, -0.2) is 47.3 Å². The zero-order chi connectivity index (χ0) is 25.8. The number of carbonyl (C=O) groups is 3. The number of ketones is 2. The number of benzene rings is 1. The number of rotatable bonds is 10. The molecule has 2 aliphatic carbocycles. The van der Waals surface area contributed by atoms with Crippen molar-refractivity contribution in [1.29, 1.82) is 0 Å². The minimum absolute atomic E-state index is 0.0175. The van der Waals surface area contributed by atoms with Gasteiger partial charge in [-0.3, -0.25) is 14.4 Å². The van der Waals surface area contributed by atoms with Crippen LogP contribution < -0.4 is 9.47 Å². The number of aliphatic carboxylic acids is 1. The molecule has 0 unspecified atom stereocenters. The number of carboxylic acids is 1. The Morgan fingerprint density at radius 2 is 1.69 bits per heavy atom. The van der Waals surface area contributed by atoms with Gasteiger partial charge in [0.05, 0.1) is 13.2 Å². The quantitative estimate of drug-likeness (QED) is 0.453. The maximum Gasteiger partial charge on any atom is 0.323 e. The molecule has 0 saturated heterocycles. The van der Waals surface area contributed by atoms with Crippen molar-refractivity contribution >= 4 is 17.5 Å². The van der Waals surface area contributed by atoms with Crippen LogP contribution in [0, 0.1) is 0 Å². The average molecular weight is 494 g/mol. The first-order valence-electron chi connectivity index (χ1n) is 13.0. The van der Waals surface area contributed by atoms with Gasteiger partial charge in [0.15, 0.2) is 23.1 Å². The summed E-state index contributed by atoms with van der Waals surface area (Å²) in [5.41, 5.74) is 4.32. The van der Waals surface area contributed by atoms with E-state index in [0.29, 0.717) is 80.8 Å². The van der Waals surface area contributed by atoms with E-state index in [2.05, 4.69) is 6.58 Å². The first kappa shape index (κ1) is 25.7. The Labute approximate surface area is 212 Å². The fourth-order valence-electron chi connectivity index (χ4n) is 5.66. The smallest absolute Gasteiger partial charge is 0.323 e. The molecule has 0 bridgehead atoms. The molecule has 3 aliphatic rings.